The molecule has 0 saturated heterocycles. The predicted octanol–water partition coefficient (Wildman–Crippen LogP) is 1.19. The van der Waals surface area contributed by atoms with E-state index in [9.17, 15) is 9.59 Å². The second-order valence-electron chi connectivity index (χ2n) is 4.12. The molecule has 0 saturated carbocycles. The van der Waals surface area contributed by atoms with Gasteiger partial charge in [0.25, 0.3) is 0 Å². The van der Waals surface area contributed by atoms with Crippen molar-refractivity contribution in [3.8, 4) is 0 Å². The van der Waals surface area contributed by atoms with Crippen molar-refractivity contribution < 1.29 is 23.8 Å². The third kappa shape index (κ3) is 4.97. The van der Waals surface area contributed by atoms with Gasteiger partial charge in [-0.25, -0.2) is 9.59 Å². The van der Waals surface area contributed by atoms with E-state index in [1.165, 1.54) is 32.4 Å². The maximum absolute atomic E-state index is 11.8. The first-order valence-electron chi connectivity index (χ1n) is 6.38. The summed E-state index contributed by atoms with van der Waals surface area (Å²) in [5.74, 6) is -1.06. The van der Waals surface area contributed by atoms with Crippen LogP contribution in [0.3, 0.4) is 0 Å². The number of hydrogen-bond acceptors (Lipinski definition) is 6. The van der Waals surface area contributed by atoms with Crippen LogP contribution in [0.5, 0.6) is 0 Å². The van der Waals surface area contributed by atoms with E-state index >= 15 is 0 Å². The molecular weight excluding hydrogens is 308 g/mol. The summed E-state index contributed by atoms with van der Waals surface area (Å²) < 4.78 is 14.3. The normalized spacial score (nSPS) is 9.77. The minimum atomic E-state index is -0.543. The number of benzene rings is 1. The third-order valence-corrected chi connectivity index (χ3v) is 2.93. The average molecular weight is 326 g/mol. The Morgan fingerprint density at radius 2 is 1.82 bits per heavy atom. The van der Waals surface area contributed by atoms with Crippen LogP contribution in [0, 0.1) is 0 Å². The number of hydrogen-bond donors (Lipinski definition) is 2. The lowest BCUT2D eigenvalue weighted by atomic mass is 10.1. The van der Waals surface area contributed by atoms with E-state index in [0.29, 0.717) is 24.0 Å². The van der Waals surface area contributed by atoms with Crippen LogP contribution in [0.4, 0.5) is 5.69 Å². The highest BCUT2D eigenvalue weighted by atomic mass is 32.1. The summed E-state index contributed by atoms with van der Waals surface area (Å²) in [5.41, 5.74) is 0.896. The molecule has 0 spiro atoms. The van der Waals surface area contributed by atoms with E-state index in [2.05, 4.69) is 15.4 Å². The zero-order chi connectivity index (χ0) is 16.5. The number of anilines is 1. The molecule has 0 heterocycles. The fourth-order valence-electron chi connectivity index (χ4n) is 1.61. The molecule has 0 bridgehead atoms. The van der Waals surface area contributed by atoms with Gasteiger partial charge in [-0.15, -0.1) is 0 Å². The van der Waals surface area contributed by atoms with Crippen molar-refractivity contribution in [2.24, 2.45) is 0 Å². The molecule has 0 aliphatic heterocycles. The van der Waals surface area contributed by atoms with Crippen molar-refractivity contribution in [3.63, 3.8) is 0 Å². The summed E-state index contributed by atoms with van der Waals surface area (Å²) in [7, 11) is 4.13. The van der Waals surface area contributed by atoms with E-state index in [0.717, 1.165) is 0 Å². The monoisotopic (exact) mass is 326 g/mol. The Kier molecular flexibility index (Phi) is 7.27. The smallest absolute Gasteiger partial charge is 0.339 e. The summed E-state index contributed by atoms with van der Waals surface area (Å²) >= 11 is 5.12. The van der Waals surface area contributed by atoms with E-state index in [4.69, 9.17) is 21.7 Å². The number of methoxy groups -OCH3 is 3. The molecule has 8 heteroatoms. The highest BCUT2D eigenvalue weighted by Gasteiger charge is 2.16. The van der Waals surface area contributed by atoms with Gasteiger partial charge in [-0.05, 0) is 30.4 Å². The highest BCUT2D eigenvalue weighted by Crippen LogP contribution is 2.19. The van der Waals surface area contributed by atoms with Crippen molar-refractivity contribution in [3.05, 3.63) is 29.3 Å². The van der Waals surface area contributed by atoms with Gasteiger partial charge in [0.1, 0.15) is 0 Å². The second kappa shape index (κ2) is 8.96. The topological polar surface area (TPSA) is 85.9 Å². The molecule has 0 unspecified atom stereocenters. The van der Waals surface area contributed by atoms with Gasteiger partial charge < -0.3 is 24.8 Å². The molecule has 0 amide bonds. The molecule has 0 atom stereocenters. The van der Waals surface area contributed by atoms with Crippen LogP contribution < -0.4 is 10.6 Å². The Labute approximate surface area is 133 Å². The summed E-state index contributed by atoms with van der Waals surface area (Å²) in [6.07, 6.45) is 0. The number of ether oxygens (including phenoxy) is 3. The molecule has 2 N–H and O–H groups in total. The molecular formula is C14H18N2O5S. The van der Waals surface area contributed by atoms with Gasteiger partial charge in [0, 0.05) is 13.7 Å². The van der Waals surface area contributed by atoms with Crippen molar-refractivity contribution in [1.29, 1.82) is 0 Å². The molecule has 1 aromatic carbocycles. The van der Waals surface area contributed by atoms with E-state index in [1.807, 2.05) is 0 Å². The fraction of sp³-hybridized carbons (Fsp3) is 0.357. The SMILES string of the molecule is COCCNC(=S)Nc1cc(C(=O)OC)ccc1C(=O)OC. The van der Waals surface area contributed by atoms with Crippen molar-refractivity contribution in [1.82, 2.24) is 5.32 Å². The largest absolute Gasteiger partial charge is 0.465 e. The molecule has 0 aliphatic rings. The van der Waals surface area contributed by atoms with E-state index in [-0.39, 0.29) is 11.1 Å². The van der Waals surface area contributed by atoms with Crippen molar-refractivity contribution >= 4 is 35.0 Å². The number of thiocarbonyl (C=S) groups is 1. The highest BCUT2D eigenvalue weighted by molar-refractivity contribution is 7.80. The van der Waals surface area contributed by atoms with Gasteiger partial charge in [0.2, 0.25) is 0 Å². The van der Waals surface area contributed by atoms with Crippen LogP contribution in [-0.2, 0) is 14.2 Å². The number of carbonyl (C=O) groups is 2. The Bertz CT molecular complexity index is 562. The van der Waals surface area contributed by atoms with Gasteiger partial charge in [0.15, 0.2) is 5.11 Å². The van der Waals surface area contributed by atoms with Gasteiger partial charge in [-0.3, -0.25) is 0 Å². The third-order valence-electron chi connectivity index (χ3n) is 2.69. The maximum atomic E-state index is 11.8. The molecule has 7 nitrogen and oxygen atoms in total. The number of esters is 2. The van der Waals surface area contributed by atoms with Crippen LogP contribution in [-0.4, -0.2) is 51.5 Å². The van der Waals surface area contributed by atoms with Crippen LogP contribution in [0.2, 0.25) is 0 Å². The lowest BCUT2D eigenvalue weighted by Gasteiger charge is -2.14. The van der Waals surface area contributed by atoms with Crippen LogP contribution >= 0.6 is 12.2 Å². The van der Waals surface area contributed by atoms with Gasteiger partial charge in [-0.1, -0.05) is 0 Å². The Morgan fingerprint density at radius 3 is 2.41 bits per heavy atom. The minimum Gasteiger partial charge on any atom is -0.465 e. The van der Waals surface area contributed by atoms with E-state index < -0.39 is 11.9 Å². The molecule has 0 radical (unpaired) electrons. The summed E-state index contributed by atoms with van der Waals surface area (Å²) in [6.45, 7) is 0.987. The van der Waals surface area contributed by atoms with Crippen LogP contribution in [0.1, 0.15) is 20.7 Å². The summed E-state index contributed by atoms with van der Waals surface area (Å²) in [6, 6.07) is 4.42. The summed E-state index contributed by atoms with van der Waals surface area (Å²) in [5, 5.41) is 6.06. The first kappa shape index (κ1) is 17.9. The molecule has 120 valence electrons. The molecule has 22 heavy (non-hydrogen) atoms. The fourth-order valence-corrected chi connectivity index (χ4v) is 1.83. The molecule has 0 aromatic heterocycles. The van der Waals surface area contributed by atoms with Crippen LogP contribution in [0.25, 0.3) is 0 Å². The van der Waals surface area contributed by atoms with E-state index in [1.54, 1.807) is 7.11 Å². The standard InChI is InChI=1S/C14H18N2O5S/c1-19-7-6-15-14(22)16-11-8-9(12(17)20-2)4-5-10(11)13(18)21-3/h4-5,8H,6-7H2,1-3H3,(H2,15,16,22). The van der Waals surface area contributed by atoms with Crippen LogP contribution in [0.15, 0.2) is 18.2 Å². The quantitative estimate of drug-likeness (QED) is 0.458. The number of nitrogens with one attached hydrogen (secondary N) is 2. The molecule has 1 aromatic rings. The Balaban J connectivity index is 2.98. The maximum Gasteiger partial charge on any atom is 0.339 e. The lowest BCUT2D eigenvalue weighted by molar-refractivity contribution is 0.0587. The lowest BCUT2D eigenvalue weighted by Crippen LogP contribution is -2.31. The first-order chi connectivity index (χ1) is 10.5. The van der Waals surface area contributed by atoms with Gasteiger partial charge in [0.05, 0.1) is 37.6 Å². The minimum absolute atomic E-state index is 0.256. The molecule has 0 aliphatic carbocycles. The number of carbonyl (C=O) groups excluding carboxylic acids is 2. The Morgan fingerprint density at radius 1 is 1.14 bits per heavy atom. The van der Waals surface area contributed by atoms with Crippen molar-refractivity contribution in [2.45, 2.75) is 0 Å². The number of rotatable bonds is 6. The predicted molar refractivity (Wildman–Crippen MR) is 85.2 cm³/mol. The second-order valence-corrected chi connectivity index (χ2v) is 4.53. The first-order valence-corrected chi connectivity index (χ1v) is 6.78. The zero-order valence-electron chi connectivity index (χ0n) is 12.6. The van der Waals surface area contributed by atoms with Gasteiger partial charge in [-0.2, -0.15) is 0 Å². The van der Waals surface area contributed by atoms with Crippen molar-refractivity contribution in [2.75, 3.05) is 39.8 Å². The zero-order valence-corrected chi connectivity index (χ0v) is 13.4. The van der Waals surface area contributed by atoms with Gasteiger partial charge >= 0.3 is 11.9 Å². The Hall–Kier alpha value is -2.19. The molecule has 1 rings (SSSR count). The average Bonchev–Trinajstić information content (AvgIpc) is 2.53. The summed E-state index contributed by atoms with van der Waals surface area (Å²) in [4.78, 5) is 23.3. The molecule has 0 fully saturated rings.